The molecule has 0 saturated carbocycles. The summed E-state index contributed by atoms with van der Waals surface area (Å²) in [4.78, 5) is 47.5. The van der Waals surface area contributed by atoms with E-state index in [0.29, 0.717) is 11.8 Å². The van der Waals surface area contributed by atoms with Gasteiger partial charge >= 0.3 is 0 Å². The lowest BCUT2D eigenvalue weighted by Crippen LogP contribution is -2.36. The van der Waals surface area contributed by atoms with Crippen molar-refractivity contribution in [2.75, 3.05) is 13.1 Å². The van der Waals surface area contributed by atoms with Gasteiger partial charge in [0, 0.05) is 24.9 Å². The summed E-state index contributed by atoms with van der Waals surface area (Å²) in [5.41, 5.74) is 8.83. The molecular formula is C42H52N6O2. The van der Waals surface area contributed by atoms with E-state index in [1.807, 2.05) is 23.6 Å². The number of aryl methyl sites for hydroxylation is 2. The van der Waals surface area contributed by atoms with Crippen molar-refractivity contribution < 1.29 is 9.59 Å². The number of aromatic nitrogens is 4. The first-order valence-electron chi connectivity index (χ1n) is 18.8. The molecule has 4 atom stereocenters. The average molecular weight is 673 g/mol. The van der Waals surface area contributed by atoms with Crippen molar-refractivity contribution in [2.45, 2.75) is 92.2 Å². The fourth-order valence-electron chi connectivity index (χ4n) is 7.63. The molecular weight excluding hydrogens is 621 g/mol. The number of imidazole rings is 2. The molecule has 2 fully saturated rings. The normalized spacial score (nSPS) is 19.4. The van der Waals surface area contributed by atoms with Gasteiger partial charge < -0.3 is 19.8 Å². The number of nitrogens with one attached hydrogen (secondary N) is 2. The predicted octanol–water partition coefficient (Wildman–Crippen LogP) is 8.80. The molecule has 8 nitrogen and oxygen atoms in total. The summed E-state index contributed by atoms with van der Waals surface area (Å²) >= 11 is 0. The molecule has 2 aliphatic rings. The van der Waals surface area contributed by atoms with E-state index in [2.05, 4.69) is 98.3 Å². The second-order valence-corrected chi connectivity index (χ2v) is 15.5. The molecule has 2 aromatic heterocycles. The monoisotopic (exact) mass is 672 g/mol. The van der Waals surface area contributed by atoms with Crippen molar-refractivity contribution in [2.24, 2.45) is 23.7 Å². The summed E-state index contributed by atoms with van der Waals surface area (Å²) in [5.74, 6) is 2.94. The van der Waals surface area contributed by atoms with E-state index in [-0.39, 0.29) is 35.7 Å². The largest absolute Gasteiger partial charge is 0.340 e. The minimum atomic E-state index is 0.00772. The molecule has 262 valence electrons. The van der Waals surface area contributed by atoms with Crippen LogP contribution in [-0.4, -0.2) is 54.6 Å². The van der Waals surface area contributed by atoms with Crippen molar-refractivity contribution in [1.82, 2.24) is 29.7 Å². The Balaban J connectivity index is 1.00. The van der Waals surface area contributed by atoms with Gasteiger partial charge in [0.2, 0.25) is 11.8 Å². The number of amides is 2. The topological polar surface area (TPSA) is 98.0 Å². The summed E-state index contributed by atoms with van der Waals surface area (Å²) in [6.45, 7) is 14.2. The molecule has 3 aromatic carbocycles. The number of H-pyrrole nitrogens is 2. The van der Waals surface area contributed by atoms with Gasteiger partial charge in [0.25, 0.3) is 0 Å². The summed E-state index contributed by atoms with van der Waals surface area (Å²) in [6.07, 6.45) is 5.80. The van der Waals surface area contributed by atoms with Gasteiger partial charge in [-0.15, -0.1) is 0 Å². The van der Waals surface area contributed by atoms with E-state index < -0.39 is 0 Å². The smallest absolute Gasteiger partial charge is 0.226 e. The summed E-state index contributed by atoms with van der Waals surface area (Å²) in [5, 5.41) is 0. The molecule has 2 N–H and O–H groups in total. The quantitative estimate of drug-likeness (QED) is 0.155. The Labute approximate surface area is 296 Å². The standard InChI is InChI=1S/C42H52N6O2/c1-25(2)27(5)41(49)47-21-7-9-37(47)39-43-33-19-15-30(23-35(33)45-39)12-11-29-13-16-31(17-14-29)32-18-20-34-36(24-32)46-40(44-34)38-10-8-22-48(38)42(50)28(6)26(3)4/h13-20,23-28,37-38H,7-12,21-22H2,1-6H3,(H,43,45)(H,44,46)/t27-,28-,37-,38-/m0/s1. The van der Waals surface area contributed by atoms with Crippen LogP contribution in [0, 0.1) is 23.7 Å². The fraction of sp³-hybridized carbons (Fsp3) is 0.476. The first-order chi connectivity index (χ1) is 24.1. The van der Waals surface area contributed by atoms with E-state index >= 15 is 0 Å². The molecule has 2 aliphatic heterocycles. The Bertz CT molecular complexity index is 1990. The SMILES string of the molecule is CC(C)[C@H](C)C(=O)N1CCC[C@H]1c1nc2ccc(CCc3ccc(-c4ccc5nc([C@@H]6CCCN6C(=O)[C@@H](C)C(C)C)[nH]c5c4)cc3)cc2[nH]1. The van der Waals surface area contributed by atoms with Gasteiger partial charge in [-0.05, 0) is 96.9 Å². The number of carbonyl (C=O) groups excluding carboxylic acids is 2. The van der Waals surface area contributed by atoms with E-state index in [0.717, 1.165) is 90.9 Å². The van der Waals surface area contributed by atoms with Crippen molar-refractivity contribution in [1.29, 1.82) is 0 Å². The van der Waals surface area contributed by atoms with Crippen LogP contribution in [0.1, 0.15) is 102 Å². The van der Waals surface area contributed by atoms with E-state index in [4.69, 9.17) is 9.97 Å². The van der Waals surface area contributed by atoms with Crippen LogP contribution in [0.3, 0.4) is 0 Å². The van der Waals surface area contributed by atoms with Gasteiger partial charge in [0.1, 0.15) is 11.6 Å². The third-order valence-electron chi connectivity index (χ3n) is 11.5. The lowest BCUT2D eigenvalue weighted by atomic mass is 9.96. The van der Waals surface area contributed by atoms with Crippen molar-refractivity contribution in [3.63, 3.8) is 0 Å². The number of hydrogen-bond acceptors (Lipinski definition) is 4. The Hall–Kier alpha value is -4.46. The van der Waals surface area contributed by atoms with E-state index in [1.54, 1.807) is 0 Å². The molecule has 2 amide bonds. The minimum Gasteiger partial charge on any atom is -0.340 e. The number of carbonyl (C=O) groups is 2. The summed E-state index contributed by atoms with van der Waals surface area (Å²) in [6, 6.07) is 21.8. The highest BCUT2D eigenvalue weighted by Crippen LogP contribution is 2.36. The van der Waals surface area contributed by atoms with E-state index in [9.17, 15) is 9.59 Å². The average Bonchev–Trinajstić information content (AvgIpc) is 3.94. The van der Waals surface area contributed by atoms with Crippen molar-refractivity contribution in [3.05, 3.63) is 83.4 Å². The lowest BCUT2D eigenvalue weighted by molar-refractivity contribution is -0.138. The maximum Gasteiger partial charge on any atom is 0.226 e. The molecule has 2 saturated heterocycles. The van der Waals surface area contributed by atoms with Gasteiger partial charge in [-0.1, -0.05) is 77.9 Å². The van der Waals surface area contributed by atoms with Crippen LogP contribution in [0.15, 0.2) is 60.7 Å². The number of hydrogen-bond donors (Lipinski definition) is 2. The van der Waals surface area contributed by atoms with Crippen LogP contribution >= 0.6 is 0 Å². The number of benzene rings is 3. The third kappa shape index (κ3) is 6.69. The fourth-order valence-corrected chi connectivity index (χ4v) is 7.63. The second kappa shape index (κ2) is 14.0. The van der Waals surface area contributed by atoms with Gasteiger partial charge in [0.05, 0.1) is 34.2 Å². The maximum atomic E-state index is 13.2. The predicted molar refractivity (Wildman–Crippen MR) is 200 cm³/mol. The van der Waals surface area contributed by atoms with Crippen LogP contribution in [0.5, 0.6) is 0 Å². The van der Waals surface area contributed by atoms with Gasteiger partial charge in [-0.3, -0.25) is 9.59 Å². The number of fused-ring (bicyclic) bond motifs is 2. The Kier molecular flexibility index (Phi) is 9.55. The molecule has 0 aliphatic carbocycles. The Morgan fingerprint density at radius 2 is 1.10 bits per heavy atom. The Morgan fingerprint density at radius 3 is 1.64 bits per heavy atom. The molecule has 0 unspecified atom stereocenters. The highest BCUT2D eigenvalue weighted by Gasteiger charge is 2.36. The maximum absolute atomic E-state index is 13.2. The highest BCUT2D eigenvalue weighted by molar-refractivity contribution is 5.83. The van der Waals surface area contributed by atoms with Crippen LogP contribution in [0.25, 0.3) is 33.2 Å². The molecule has 0 spiro atoms. The van der Waals surface area contributed by atoms with Crippen LogP contribution in [0.2, 0.25) is 0 Å². The molecule has 8 heteroatoms. The van der Waals surface area contributed by atoms with Gasteiger partial charge in [-0.2, -0.15) is 0 Å². The van der Waals surface area contributed by atoms with Crippen LogP contribution in [0.4, 0.5) is 0 Å². The minimum absolute atomic E-state index is 0.00772. The number of rotatable bonds is 10. The van der Waals surface area contributed by atoms with Gasteiger partial charge in [0.15, 0.2) is 0 Å². The molecule has 0 bridgehead atoms. The molecule has 50 heavy (non-hydrogen) atoms. The lowest BCUT2D eigenvalue weighted by Gasteiger charge is -2.27. The number of likely N-dealkylation sites (tertiary alicyclic amines) is 2. The van der Waals surface area contributed by atoms with Crippen LogP contribution < -0.4 is 0 Å². The van der Waals surface area contributed by atoms with Gasteiger partial charge in [-0.25, -0.2) is 9.97 Å². The molecule has 7 rings (SSSR count). The highest BCUT2D eigenvalue weighted by atomic mass is 16.2. The molecule has 4 heterocycles. The second-order valence-electron chi connectivity index (χ2n) is 15.5. The summed E-state index contributed by atoms with van der Waals surface area (Å²) in [7, 11) is 0. The van der Waals surface area contributed by atoms with Crippen molar-refractivity contribution in [3.8, 4) is 11.1 Å². The first-order valence-corrected chi connectivity index (χ1v) is 18.8. The zero-order valence-corrected chi connectivity index (χ0v) is 30.5. The number of aromatic amines is 2. The molecule has 5 aromatic rings. The van der Waals surface area contributed by atoms with Crippen molar-refractivity contribution >= 4 is 33.9 Å². The van der Waals surface area contributed by atoms with E-state index in [1.165, 1.54) is 16.7 Å². The van der Waals surface area contributed by atoms with Crippen LogP contribution in [-0.2, 0) is 22.4 Å². The Morgan fingerprint density at radius 1 is 0.640 bits per heavy atom. The molecule has 0 radical (unpaired) electrons. The zero-order valence-electron chi connectivity index (χ0n) is 30.5. The zero-order chi connectivity index (χ0) is 35.1. The third-order valence-corrected chi connectivity index (χ3v) is 11.5. The first kappa shape index (κ1) is 34.0. The number of nitrogens with zero attached hydrogens (tertiary/aromatic N) is 4. The summed E-state index contributed by atoms with van der Waals surface area (Å²) < 4.78 is 0.